The second-order valence-corrected chi connectivity index (χ2v) is 6.20. The number of urea groups is 1. The molecule has 24 heavy (non-hydrogen) atoms. The molecule has 130 valence electrons. The van der Waals surface area contributed by atoms with Crippen molar-refractivity contribution in [2.75, 3.05) is 5.32 Å². The molecule has 0 saturated heterocycles. The van der Waals surface area contributed by atoms with E-state index in [1.165, 1.54) is 24.3 Å². The minimum atomic E-state index is -2.92. The van der Waals surface area contributed by atoms with Gasteiger partial charge in [0.15, 0.2) is 0 Å². The molecule has 6 nitrogen and oxygen atoms in total. The molecule has 0 aromatic heterocycles. The van der Waals surface area contributed by atoms with Crippen molar-refractivity contribution in [3.8, 4) is 5.75 Å². The van der Waals surface area contributed by atoms with Crippen molar-refractivity contribution in [3.05, 3.63) is 24.3 Å². The number of rotatable bonds is 7. The van der Waals surface area contributed by atoms with Crippen LogP contribution in [0.15, 0.2) is 24.3 Å². The summed E-state index contributed by atoms with van der Waals surface area (Å²) in [7, 11) is 0. The summed E-state index contributed by atoms with van der Waals surface area (Å²) in [6, 6.07) is 4.81. The number of ether oxygens (including phenoxy) is 1. The van der Waals surface area contributed by atoms with Crippen LogP contribution in [0.25, 0.3) is 0 Å². The zero-order chi connectivity index (χ0) is 17.3. The van der Waals surface area contributed by atoms with E-state index in [2.05, 4.69) is 15.4 Å². The van der Waals surface area contributed by atoms with Crippen molar-refractivity contribution in [1.82, 2.24) is 5.32 Å². The topological polar surface area (TPSA) is 87.7 Å². The van der Waals surface area contributed by atoms with Crippen LogP contribution in [0, 0.1) is 11.8 Å². The molecule has 0 radical (unpaired) electrons. The number of carbonyl (C=O) groups is 2. The Labute approximate surface area is 137 Å². The molecule has 3 rings (SSSR count). The van der Waals surface area contributed by atoms with Crippen LogP contribution in [0.2, 0.25) is 0 Å². The number of amides is 2. The van der Waals surface area contributed by atoms with Crippen LogP contribution < -0.4 is 15.4 Å². The van der Waals surface area contributed by atoms with E-state index in [1.807, 2.05) is 0 Å². The number of hydrogen-bond donors (Lipinski definition) is 3. The number of aliphatic carboxylic acids is 1. The lowest BCUT2D eigenvalue weighted by Crippen LogP contribution is -2.59. The van der Waals surface area contributed by atoms with Crippen molar-refractivity contribution in [1.29, 1.82) is 0 Å². The van der Waals surface area contributed by atoms with Gasteiger partial charge in [0.2, 0.25) is 0 Å². The zero-order valence-electron chi connectivity index (χ0n) is 12.8. The van der Waals surface area contributed by atoms with E-state index in [1.54, 1.807) is 0 Å². The summed E-state index contributed by atoms with van der Waals surface area (Å²) in [6.45, 7) is -2.92. The summed E-state index contributed by atoms with van der Waals surface area (Å²) in [5.41, 5.74) is -0.844. The van der Waals surface area contributed by atoms with Gasteiger partial charge in [0.05, 0.1) is 0 Å². The van der Waals surface area contributed by atoms with E-state index < -0.39 is 24.2 Å². The van der Waals surface area contributed by atoms with Gasteiger partial charge in [-0.15, -0.1) is 0 Å². The minimum Gasteiger partial charge on any atom is -0.479 e. The first-order valence-corrected chi connectivity index (χ1v) is 7.79. The monoisotopic (exact) mass is 340 g/mol. The van der Waals surface area contributed by atoms with Crippen molar-refractivity contribution >= 4 is 17.7 Å². The van der Waals surface area contributed by atoms with Crippen molar-refractivity contribution in [3.63, 3.8) is 0 Å². The quantitative estimate of drug-likeness (QED) is 0.712. The Balaban J connectivity index is 1.65. The van der Waals surface area contributed by atoms with Crippen LogP contribution in [-0.2, 0) is 4.79 Å². The fraction of sp³-hybridized carbons (Fsp3) is 0.500. The maximum absolute atomic E-state index is 12.2. The summed E-state index contributed by atoms with van der Waals surface area (Å²) in [5, 5.41) is 14.8. The number of carbonyl (C=O) groups excluding carboxylic acids is 1. The first-order valence-electron chi connectivity index (χ1n) is 7.79. The predicted octanol–water partition coefficient (Wildman–Crippen LogP) is 3.05. The number of hydrogen-bond acceptors (Lipinski definition) is 3. The summed E-state index contributed by atoms with van der Waals surface area (Å²) < 4.78 is 28.4. The van der Waals surface area contributed by atoms with Gasteiger partial charge in [-0.05, 0) is 61.8 Å². The van der Waals surface area contributed by atoms with Crippen LogP contribution in [0.3, 0.4) is 0 Å². The van der Waals surface area contributed by atoms with E-state index in [0.29, 0.717) is 5.69 Å². The lowest BCUT2D eigenvalue weighted by Gasteiger charge is -2.31. The number of halogens is 2. The predicted molar refractivity (Wildman–Crippen MR) is 81.0 cm³/mol. The summed E-state index contributed by atoms with van der Waals surface area (Å²) >= 11 is 0. The molecule has 3 N–H and O–H groups in total. The second kappa shape index (κ2) is 6.26. The van der Waals surface area contributed by atoms with Gasteiger partial charge < -0.3 is 20.5 Å². The lowest BCUT2D eigenvalue weighted by atomic mass is 9.87. The highest BCUT2D eigenvalue weighted by Crippen LogP contribution is 2.52. The van der Waals surface area contributed by atoms with Gasteiger partial charge in [0.25, 0.3) is 0 Å². The Kier molecular flexibility index (Phi) is 4.29. The first kappa shape index (κ1) is 16.5. The number of nitrogens with one attached hydrogen (secondary N) is 2. The number of alkyl halides is 2. The van der Waals surface area contributed by atoms with Crippen LogP contribution in [0.5, 0.6) is 5.75 Å². The molecule has 1 aromatic rings. The molecule has 2 amide bonds. The Bertz CT molecular complexity index is 615. The average Bonchev–Trinajstić information content (AvgIpc) is 3.37. The van der Waals surface area contributed by atoms with Crippen LogP contribution in [0.4, 0.5) is 19.3 Å². The van der Waals surface area contributed by atoms with E-state index in [4.69, 9.17) is 0 Å². The second-order valence-electron chi connectivity index (χ2n) is 6.20. The van der Waals surface area contributed by atoms with Gasteiger partial charge in [0, 0.05) is 5.69 Å². The Hall–Kier alpha value is -2.38. The fourth-order valence-corrected chi connectivity index (χ4v) is 3.09. The highest BCUT2D eigenvalue weighted by molar-refractivity contribution is 5.94. The smallest absolute Gasteiger partial charge is 0.387 e. The summed E-state index contributed by atoms with van der Waals surface area (Å²) in [6.07, 6.45) is 3.18. The van der Waals surface area contributed by atoms with E-state index in [0.717, 1.165) is 25.7 Å². The van der Waals surface area contributed by atoms with Gasteiger partial charge in [0.1, 0.15) is 11.3 Å². The Morgan fingerprint density at radius 1 is 1.12 bits per heavy atom. The number of anilines is 1. The zero-order valence-corrected chi connectivity index (χ0v) is 12.8. The normalized spacial score (nSPS) is 17.5. The molecule has 2 aliphatic rings. The molecule has 0 heterocycles. The molecule has 8 heteroatoms. The highest BCUT2D eigenvalue weighted by atomic mass is 19.3. The minimum absolute atomic E-state index is 0.0215. The molecular formula is C16H18F2N2O4. The van der Waals surface area contributed by atoms with Crippen molar-refractivity contribution in [2.45, 2.75) is 37.8 Å². The van der Waals surface area contributed by atoms with Crippen molar-refractivity contribution in [2.24, 2.45) is 11.8 Å². The van der Waals surface area contributed by atoms with E-state index in [-0.39, 0.29) is 17.6 Å². The lowest BCUT2D eigenvalue weighted by molar-refractivity contribution is -0.146. The maximum Gasteiger partial charge on any atom is 0.387 e. The molecule has 2 aliphatic carbocycles. The Morgan fingerprint density at radius 3 is 2.08 bits per heavy atom. The fourth-order valence-electron chi connectivity index (χ4n) is 3.09. The van der Waals surface area contributed by atoms with Gasteiger partial charge in [-0.25, -0.2) is 9.59 Å². The van der Waals surface area contributed by atoms with Crippen LogP contribution in [-0.4, -0.2) is 29.3 Å². The van der Waals surface area contributed by atoms with Gasteiger partial charge in [-0.1, -0.05) is 0 Å². The molecule has 1 aromatic carbocycles. The van der Waals surface area contributed by atoms with Gasteiger partial charge in [-0.3, -0.25) is 0 Å². The van der Waals surface area contributed by atoms with Crippen molar-refractivity contribution < 1.29 is 28.2 Å². The summed E-state index contributed by atoms with van der Waals surface area (Å²) in [5.74, 6) is -1.08. The van der Waals surface area contributed by atoms with E-state index >= 15 is 0 Å². The third-order valence-electron chi connectivity index (χ3n) is 4.45. The maximum atomic E-state index is 12.2. The number of benzene rings is 1. The van der Waals surface area contributed by atoms with Gasteiger partial charge >= 0.3 is 18.6 Å². The third kappa shape index (κ3) is 3.42. The standard InChI is InChI=1S/C16H18F2N2O4/c17-14(18)24-12-7-5-11(6-8-12)19-15(23)20-16(13(21)22,9-1-2-9)10-3-4-10/h5-10,14H,1-4H2,(H,21,22)(H2,19,20,23). The highest BCUT2D eigenvalue weighted by Gasteiger charge is 2.60. The largest absolute Gasteiger partial charge is 0.479 e. The first-order chi connectivity index (χ1) is 11.4. The number of carboxylic acids is 1. The average molecular weight is 340 g/mol. The SMILES string of the molecule is O=C(Nc1ccc(OC(F)F)cc1)NC(C(=O)O)(C1CC1)C1CC1. The Morgan fingerprint density at radius 2 is 1.67 bits per heavy atom. The molecule has 2 fully saturated rings. The van der Waals surface area contributed by atoms with Gasteiger partial charge in [-0.2, -0.15) is 8.78 Å². The van der Waals surface area contributed by atoms with Crippen LogP contribution in [0.1, 0.15) is 25.7 Å². The molecule has 0 spiro atoms. The molecule has 0 bridgehead atoms. The molecule has 2 saturated carbocycles. The summed E-state index contributed by atoms with van der Waals surface area (Å²) in [4.78, 5) is 24.0. The molecule has 0 aliphatic heterocycles. The molecular weight excluding hydrogens is 322 g/mol. The van der Waals surface area contributed by atoms with E-state index in [9.17, 15) is 23.5 Å². The van der Waals surface area contributed by atoms with Crippen LogP contribution >= 0.6 is 0 Å². The number of carboxylic acid groups (broad SMARTS) is 1. The molecule has 0 unspecified atom stereocenters. The third-order valence-corrected chi connectivity index (χ3v) is 4.45. The molecule has 0 atom stereocenters.